The first kappa shape index (κ1) is 13.1. The van der Waals surface area contributed by atoms with E-state index in [2.05, 4.69) is 14.8 Å². The molecule has 0 spiro atoms. The molecular formula is C12H17N5O2. The zero-order valence-electron chi connectivity index (χ0n) is 11.5. The van der Waals surface area contributed by atoms with Gasteiger partial charge in [-0.15, -0.1) is 0 Å². The molecule has 0 saturated heterocycles. The maximum Gasteiger partial charge on any atom is 0.360 e. The smallest absolute Gasteiger partial charge is 0.360 e. The van der Waals surface area contributed by atoms with Gasteiger partial charge in [0.2, 0.25) is 0 Å². The second kappa shape index (κ2) is 4.75. The Bertz CT molecular complexity index is 626. The lowest BCUT2D eigenvalue weighted by molar-refractivity contribution is 0.0596. The highest BCUT2D eigenvalue weighted by atomic mass is 16.5. The number of carbonyl (C=O) groups is 1. The molecule has 0 bridgehead atoms. The predicted molar refractivity (Wildman–Crippen MR) is 70.2 cm³/mol. The summed E-state index contributed by atoms with van der Waals surface area (Å²) in [6.07, 6.45) is 2.62. The summed E-state index contributed by atoms with van der Waals surface area (Å²) in [5, 5.41) is 4.36. The van der Waals surface area contributed by atoms with Crippen LogP contribution in [0.4, 0.5) is 5.82 Å². The molecule has 2 N–H and O–H groups in total. The quantitative estimate of drug-likeness (QED) is 0.829. The molecule has 0 fully saturated rings. The van der Waals surface area contributed by atoms with Gasteiger partial charge in [0, 0.05) is 13.2 Å². The third-order valence-corrected chi connectivity index (χ3v) is 2.92. The first-order valence-corrected chi connectivity index (χ1v) is 5.95. The van der Waals surface area contributed by atoms with Gasteiger partial charge in [0.05, 0.1) is 18.5 Å². The summed E-state index contributed by atoms with van der Waals surface area (Å²) in [5.74, 6) is 0.355. The van der Waals surface area contributed by atoms with Gasteiger partial charge in [-0.3, -0.25) is 9.25 Å². The topological polar surface area (TPSA) is 88.0 Å². The number of aryl methyl sites for hydroxylation is 3. The average molecular weight is 263 g/mol. The van der Waals surface area contributed by atoms with E-state index in [9.17, 15) is 4.79 Å². The van der Waals surface area contributed by atoms with Crippen molar-refractivity contribution in [3.05, 3.63) is 23.4 Å². The van der Waals surface area contributed by atoms with Crippen molar-refractivity contribution in [2.75, 3.05) is 12.8 Å². The number of carbonyl (C=O) groups excluding carboxylic acids is 1. The Balaban J connectivity index is 2.62. The van der Waals surface area contributed by atoms with E-state index in [1.165, 1.54) is 7.11 Å². The van der Waals surface area contributed by atoms with Crippen LogP contribution in [0.1, 0.15) is 28.9 Å². The van der Waals surface area contributed by atoms with Gasteiger partial charge in [-0.05, 0) is 13.3 Å². The fourth-order valence-corrected chi connectivity index (χ4v) is 2.06. The van der Waals surface area contributed by atoms with E-state index >= 15 is 0 Å². The average Bonchev–Trinajstić information content (AvgIpc) is 2.88. The summed E-state index contributed by atoms with van der Waals surface area (Å²) in [5.41, 5.74) is 7.87. The largest absolute Gasteiger partial charge is 0.464 e. The second-order valence-electron chi connectivity index (χ2n) is 4.21. The minimum atomic E-state index is -0.540. The normalized spacial score (nSPS) is 10.7. The third kappa shape index (κ3) is 2.07. The lowest BCUT2D eigenvalue weighted by atomic mass is 10.3. The Hall–Kier alpha value is -2.31. The van der Waals surface area contributed by atoms with Crippen molar-refractivity contribution in [2.45, 2.75) is 20.3 Å². The molecule has 19 heavy (non-hydrogen) atoms. The van der Waals surface area contributed by atoms with Crippen LogP contribution in [0.3, 0.4) is 0 Å². The van der Waals surface area contributed by atoms with Gasteiger partial charge in [-0.2, -0.15) is 5.10 Å². The van der Waals surface area contributed by atoms with Crippen LogP contribution < -0.4 is 5.73 Å². The van der Waals surface area contributed by atoms with Crippen LogP contribution in [0.25, 0.3) is 5.69 Å². The van der Waals surface area contributed by atoms with Crippen LogP contribution in [-0.4, -0.2) is 32.4 Å². The Morgan fingerprint density at radius 3 is 2.79 bits per heavy atom. The predicted octanol–water partition coefficient (Wildman–Crippen LogP) is 0.845. The fraction of sp³-hybridized carbons (Fsp3) is 0.417. The first-order chi connectivity index (χ1) is 8.99. The van der Waals surface area contributed by atoms with Crippen molar-refractivity contribution in [3.63, 3.8) is 0 Å². The lowest BCUT2D eigenvalue weighted by Crippen LogP contribution is -2.08. The molecule has 0 radical (unpaired) electrons. The Morgan fingerprint density at radius 2 is 2.21 bits per heavy atom. The monoisotopic (exact) mass is 263 g/mol. The molecule has 0 saturated carbocycles. The van der Waals surface area contributed by atoms with Gasteiger partial charge in [-0.1, -0.05) is 6.92 Å². The van der Waals surface area contributed by atoms with Crippen LogP contribution in [-0.2, 0) is 18.2 Å². The molecule has 102 valence electrons. The van der Waals surface area contributed by atoms with E-state index in [1.807, 2.05) is 20.2 Å². The molecule has 0 unspecified atom stereocenters. The fourth-order valence-electron chi connectivity index (χ4n) is 2.06. The number of hydrogen-bond acceptors (Lipinski definition) is 5. The molecule has 7 heteroatoms. The molecule has 0 aliphatic carbocycles. The molecule has 0 aliphatic heterocycles. The summed E-state index contributed by atoms with van der Waals surface area (Å²) in [7, 11) is 3.14. The van der Waals surface area contributed by atoms with Crippen molar-refractivity contribution in [3.8, 4) is 5.69 Å². The van der Waals surface area contributed by atoms with E-state index in [0.29, 0.717) is 5.82 Å². The molecule has 2 aromatic rings. The van der Waals surface area contributed by atoms with Crippen molar-refractivity contribution in [2.24, 2.45) is 7.05 Å². The number of imidazole rings is 1. The third-order valence-electron chi connectivity index (χ3n) is 2.92. The van der Waals surface area contributed by atoms with Gasteiger partial charge in [-0.25, -0.2) is 9.78 Å². The molecule has 2 heterocycles. The number of hydrogen-bond donors (Lipinski definition) is 1. The Morgan fingerprint density at radius 1 is 1.53 bits per heavy atom. The zero-order valence-corrected chi connectivity index (χ0v) is 11.5. The molecule has 2 aromatic heterocycles. The van der Waals surface area contributed by atoms with Crippen LogP contribution in [0, 0.1) is 6.92 Å². The Labute approximate surface area is 111 Å². The number of nitrogens with zero attached hydrogens (tertiary/aromatic N) is 4. The van der Waals surface area contributed by atoms with E-state index < -0.39 is 5.97 Å². The molecule has 0 amide bonds. The minimum Gasteiger partial charge on any atom is -0.464 e. The van der Waals surface area contributed by atoms with Gasteiger partial charge >= 0.3 is 5.97 Å². The van der Waals surface area contributed by atoms with E-state index in [1.54, 1.807) is 16.2 Å². The number of nitrogen functional groups attached to an aromatic ring is 1. The van der Waals surface area contributed by atoms with Crippen molar-refractivity contribution in [1.82, 2.24) is 19.3 Å². The summed E-state index contributed by atoms with van der Waals surface area (Å²) >= 11 is 0. The first-order valence-electron chi connectivity index (χ1n) is 5.95. The van der Waals surface area contributed by atoms with Crippen molar-refractivity contribution < 1.29 is 9.53 Å². The molecule has 0 aromatic carbocycles. The van der Waals surface area contributed by atoms with Gasteiger partial charge in [0.1, 0.15) is 11.6 Å². The van der Waals surface area contributed by atoms with Crippen molar-refractivity contribution >= 4 is 11.8 Å². The van der Waals surface area contributed by atoms with Crippen LogP contribution in [0.5, 0.6) is 0 Å². The van der Waals surface area contributed by atoms with Crippen LogP contribution in [0.15, 0.2) is 6.20 Å². The molecular weight excluding hydrogens is 246 g/mol. The highest BCUT2D eigenvalue weighted by molar-refractivity contribution is 5.92. The highest BCUT2D eigenvalue weighted by Gasteiger charge is 2.22. The molecule has 7 nitrogen and oxygen atoms in total. The number of esters is 1. The molecule has 0 aliphatic rings. The van der Waals surface area contributed by atoms with Crippen LogP contribution in [0.2, 0.25) is 0 Å². The molecule has 0 atom stereocenters. The zero-order chi connectivity index (χ0) is 14.2. The van der Waals surface area contributed by atoms with E-state index in [-0.39, 0.29) is 11.5 Å². The van der Waals surface area contributed by atoms with Crippen LogP contribution >= 0.6 is 0 Å². The number of methoxy groups -OCH3 is 1. The lowest BCUT2D eigenvalue weighted by Gasteiger charge is -2.06. The van der Waals surface area contributed by atoms with E-state index in [4.69, 9.17) is 5.73 Å². The number of nitrogens with two attached hydrogens (primary N) is 1. The summed E-state index contributed by atoms with van der Waals surface area (Å²) < 4.78 is 8.10. The van der Waals surface area contributed by atoms with Crippen molar-refractivity contribution in [1.29, 1.82) is 0 Å². The standard InChI is InChI=1S/C12H17N5O2/c1-5-8-9(6-16(3)15-8)17-7(2)14-10(11(17)13)12(18)19-4/h6H,5,13H2,1-4H3. The maximum atomic E-state index is 11.6. The van der Waals surface area contributed by atoms with Gasteiger partial charge in [0.25, 0.3) is 0 Å². The summed E-state index contributed by atoms with van der Waals surface area (Å²) in [6, 6.07) is 0. The maximum absolute atomic E-state index is 11.6. The number of anilines is 1. The highest BCUT2D eigenvalue weighted by Crippen LogP contribution is 2.23. The summed E-state index contributed by atoms with van der Waals surface area (Å²) in [6.45, 7) is 3.80. The molecule has 2 rings (SSSR count). The summed E-state index contributed by atoms with van der Waals surface area (Å²) in [4.78, 5) is 15.8. The minimum absolute atomic E-state index is 0.130. The van der Waals surface area contributed by atoms with E-state index in [0.717, 1.165) is 17.8 Å². The number of ether oxygens (including phenoxy) is 1. The Kier molecular flexibility index (Phi) is 3.28. The van der Waals surface area contributed by atoms with Gasteiger partial charge in [0.15, 0.2) is 5.69 Å². The van der Waals surface area contributed by atoms with Gasteiger partial charge < -0.3 is 10.5 Å². The number of rotatable bonds is 3. The SMILES string of the molecule is CCc1nn(C)cc1-n1c(C)nc(C(=O)OC)c1N. The number of aromatic nitrogens is 4. The second-order valence-corrected chi connectivity index (χ2v) is 4.21.